The van der Waals surface area contributed by atoms with Crippen LogP contribution in [0.2, 0.25) is 0 Å². The number of hydrogen-bond donors (Lipinski definition) is 2. The van der Waals surface area contributed by atoms with Crippen LogP contribution in [-0.4, -0.2) is 75.6 Å². The molecule has 2 N–H and O–H groups in total. The van der Waals surface area contributed by atoms with Gasteiger partial charge in [0.15, 0.2) is 46.0 Å². The summed E-state index contributed by atoms with van der Waals surface area (Å²) in [4.78, 5) is 4.75. The minimum Gasteiger partial charge on any atom is -0.504 e. The average molecular weight is 637 g/mol. The van der Waals surface area contributed by atoms with Crippen molar-refractivity contribution < 1.29 is 33.9 Å². The van der Waals surface area contributed by atoms with Crippen LogP contribution >= 0.6 is 0 Å². The molecule has 0 radical (unpaired) electrons. The first-order valence-corrected chi connectivity index (χ1v) is 16.1. The highest BCUT2D eigenvalue weighted by atomic mass is 16.5. The molecule has 2 unspecified atom stereocenters. The fraction of sp³-hybridized carbons (Fsp3) is 0.368. The lowest BCUT2D eigenvalue weighted by atomic mass is 9.75. The number of fused-ring (bicyclic) bond motifs is 4. The molecule has 0 saturated heterocycles. The van der Waals surface area contributed by atoms with Crippen LogP contribution in [0.25, 0.3) is 22.3 Å². The zero-order valence-electron chi connectivity index (χ0n) is 27.7. The molecule has 2 aliphatic carbocycles. The molecule has 0 spiro atoms. The molecule has 0 aromatic heterocycles. The summed E-state index contributed by atoms with van der Waals surface area (Å²) in [5.41, 5.74) is 9.70. The van der Waals surface area contributed by atoms with Gasteiger partial charge in [-0.15, -0.1) is 0 Å². The van der Waals surface area contributed by atoms with Crippen molar-refractivity contribution in [3.8, 4) is 68.2 Å². The zero-order valence-corrected chi connectivity index (χ0v) is 27.7. The first-order chi connectivity index (χ1) is 22.8. The van der Waals surface area contributed by atoms with Crippen molar-refractivity contribution >= 4 is 0 Å². The van der Waals surface area contributed by atoms with Crippen LogP contribution in [0.1, 0.15) is 45.5 Å². The maximum absolute atomic E-state index is 11.7. The van der Waals surface area contributed by atoms with E-state index in [-0.39, 0.29) is 23.6 Å². The second kappa shape index (κ2) is 11.0. The third-order valence-electron chi connectivity index (χ3n) is 10.8. The molecule has 8 rings (SSSR count). The SMILES string of the molecule is COc1ccc2c(c1O)-c1c(OC)c(Oc3c(OC)cc4c5c3-c3c(ccc(OC)c3O)CC5N(C)CC4)cc3c1C(C2)N(C)CC3. The van der Waals surface area contributed by atoms with E-state index in [0.717, 1.165) is 77.7 Å². The van der Waals surface area contributed by atoms with E-state index in [2.05, 4.69) is 36.0 Å². The van der Waals surface area contributed by atoms with Crippen molar-refractivity contribution in [3.05, 3.63) is 69.8 Å². The fourth-order valence-electron chi connectivity index (χ4n) is 8.46. The van der Waals surface area contributed by atoms with Crippen molar-refractivity contribution in [1.82, 2.24) is 9.80 Å². The number of likely N-dealkylation sites (N-methyl/N-ethyl adjacent to an activating group) is 2. The predicted octanol–water partition coefficient (Wildman–Crippen LogP) is 6.43. The molecule has 2 heterocycles. The number of phenolic OH excluding ortho intramolecular Hbond substituents is 2. The quantitative estimate of drug-likeness (QED) is 0.249. The van der Waals surface area contributed by atoms with Crippen LogP contribution in [0.5, 0.6) is 46.0 Å². The van der Waals surface area contributed by atoms with E-state index in [1.54, 1.807) is 28.4 Å². The van der Waals surface area contributed by atoms with E-state index >= 15 is 0 Å². The predicted molar refractivity (Wildman–Crippen MR) is 179 cm³/mol. The maximum atomic E-state index is 11.7. The number of benzene rings is 4. The Bertz CT molecular complexity index is 1950. The molecule has 0 saturated carbocycles. The van der Waals surface area contributed by atoms with Gasteiger partial charge in [-0.05, 0) is 97.4 Å². The van der Waals surface area contributed by atoms with Crippen molar-refractivity contribution in [3.63, 3.8) is 0 Å². The number of phenols is 2. The number of nitrogens with zero attached hydrogens (tertiary/aromatic N) is 2. The Morgan fingerprint density at radius 3 is 1.49 bits per heavy atom. The Morgan fingerprint density at radius 1 is 0.553 bits per heavy atom. The van der Waals surface area contributed by atoms with Gasteiger partial charge in [-0.25, -0.2) is 0 Å². The lowest BCUT2D eigenvalue weighted by molar-refractivity contribution is 0.225. The van der Waals surface area contributed by atoms with Crippen molar-refractivity contribution in [2.75, 3.05) is 55.6 Å². The van der Waals surface area contributed by atoms with Crippen molar-refractivity contribution in [2.45, 2.75) is 37.8 Å². The number of aromatic hydroxyl groups is 2. The Hall–Kier alpha value is -4.60. The maximum Gasteiger partial charge on any atom is 0.177 e. The summed E-state index contributed by atoms with van der Waals surface area (Å²) in [6.07, 6.45) is 3.19. The highest BCUT2D eigenvalue weighted by Crippen LogP contribution is 2.60. The minimum absolute atomic E-state index is 0.0845. The lowest BCUT2D eigenvalue weighted by Gasteiger charge is -2.41. The standard InChI is InChI=1S/C38H40N2O7/c1-39-14-12-22-18-28(37(46-6)33-29(22)23(39)15-19-7-9-25(43-3)35(41)31(19)33)47-38-27(45-5)17-21-11-13-40(2)24-16-20-8-10-26(44-4)36(42)32(20)34(38)30(21)24/h7-10,17-18,23-24,41-42H,11-16H2,1-6H3. The van der Waals surface area contributed by atoms with Gasteiger partial charge in [0.25, 0.3) is 0 Å². The molecule has 4 aromatic carbocycles. The van der Waals surface area contributed by atoms with Crippen LogP contribution in [-0.2, 0) is 25.7 Å². The zero-order chi connectivity index (χ0) is 32.7. The van der Waals surface area contributed by atoms with Crippen LogP contribution in [0.4, 0.5) is 0 Å². The number of rotatable bonds is 6. The Morgan fingerprint density at radius 2 is 1.02 bits per heavy atom. The van der Waals surface area contributed by atoms with Gasteiger partial charge in [0.1, 0.15) is 0 Å². The average Bonchev–Trinajstić information content (AvgIpc) is 3.08. The second-order valence-electron chi connectivity index (χ2n) is 13.0. The first-order valence-electron chi connectivity index (χ1n) is 16.1. The number of ether oxygens (including phenoxy) is 5. The summed E-state index contributed by atoms with van der Waals surface area (Å²) in [5, 5.41) is 23.2. The molecule has 4 aromatic rings. The minimum atomic E-state index is 0.0845. The van der Waals surface area contributed by atoms with Crippen LogP contribution in [0.3, 0.4) is 0 Å². The van der Waals surface area contributed by atoms with E-state index in [1.165, 1.54) is 5.56 Å². The smallest absolute Gasteiger partial charge is 0.177 e. The van der Waals surface area contributed by atoms with E-state index in [1.807, 2.05) is 24.3 Å². The Balaban J connectivity index is 1.41. The van der Waals surface area contributed by atoms with Crippen molar-refractivity contribution in [1.29, 1.82) is 0 Å². The molecule has 9 heteroatoms. The second-order valence-corrected chi connectivity index (χ2v) is 13.0. The van der Waals surface area contributed by atoms with Crippen LogP contribution in [0, 0.1) is 0 Å². The van der Waals surface area contributed by atoms with Gasteiger partial charge in [0, 0.05) is 47.4 Å². The third-order valence-corrected chi connectivity index (χ3v) is 10.8. The van der Waals surface area contributed by atoms with E-state index < -0.39 is 0 Å². The van der Waals surface area contributed by atoms with Gasteiger partial charge >= 0.3 is 0 Å². The summed E-state index contributed by atoms with van der Waals surface area (Å²) in [5.74, 6) is 3.12. The summed E-state index contributed by atoms with van der Waals surface area (Å²) in [6.45, 7) is 1.81. The van der Waals surface area contributed by atoms with Gasteiger partial charge in [-0.1, -0.05) is 12.1 Å². The number of hydrogen-bond acceptors (Lipinski definition) is 9. The first kappa shape index (κ1) is 29.8. The molecule has 2 aliphatic heterocycles. The van der Waals surface area contributed by atoms with Gasteiger partial charge in [0.2, 0.25) is 0 Å². The molecule has 244 valence electrons. The third kappa shape index (κ3) is 4.22. The molecule has 47 heavy (non-hydrogen) atoms. The topological polar surface area (TPSA) is 93.1 Å². The summed E-state index contributed by atoms with van der Waals surface area (Å²) < 4.78 is 30.5. The van der Waals surface area contributed by atoms with Gasteiger partial charge in [-0.2, -0.15) is 0 Å². The molecule has 9 nitrogen and oxygen atoms in total. The summed E-state index contributed by atoms with van der Waals surface area (Å²) in [6, 6.07) is 12.1. The Kier molecular flexibility index (Phi) is 6.97. The highest BCUT2D eigenvalue weighted by Gasteiger charge is 2.41. The number of methoxy groups -OCH3 is 4. The normalized spacial score (nSPS) is 19.2. The highest BCUT2D eigenvalue weighted by molar-refractivity contribution is 5.91. The van der Waals surface area contributed by atoms with Gasteiger partial charge in [0.05, 0.1) is 28.4 Å². The van der Waals surface area contributed by atoms with Crippen LogP contribution < -0.4 is 23.7 Å². The molecular formula is C38H40N2O7. The molecule has 0 fully saturated rings. The van der Waals surface area contributed by atoms with Gasteiger partial charge in [-0.3, -0.25) is 9.80 Å². The van der Waals surface area contributed by atoms with Crippen LogP contribution in [0.15, 0.2) is 36.4 Å². The van der Waals surface area contributed by atoms with E-state index in [9.17, 15) is 10.2 Å². The molecule has 2 atom stereocenters. The molecular weight excluding hydrogens is 596 g/mol. The van der Waals surface area contributed by atoms with E-state index in [4.69, 9.17) is 23.7 Å². The molecule has 0 amide bonds. The van der Waals surface area contributed by atoms with E-state index in [0.29, 0.717) is 45.6 Å². The lowest BCUT2D eigenvalue weighted by Crippen LogP contribution is -2.36. The largest absolute Gasteiger partial charge is 0.504 e. The monoisotopic (exact) mass is 636 g/mol. The molecule has 0 bridgehead atoms. The van der Waals surface area contributed by atoms with Crippen molar-refractivity contribution in [2.24, 2.45) is 0 Å². The fourth-order valence-corrected chi connectivity index (χ4v) is 8.46. The summed E-state index contributed by atoms with van der Waals surface area (Å²) >= 11 is 0. The molecule has 4 aliphatic rings. The summed E-state index contributed by atoms with van der Waals surface area (Å²) in [7, 11) is 10.7. The van der Waals surface area contributed by atoms with Gasteiger partial charge < -0.3 is 33.9 Å². The Labute approximate surface area is 274 Å².